The first-order valence-corrected chi connectivity index (χ1v) is 8.76. The number of rotatable bonds is 5. The van der Waals surface area contributed by atoms with E-state index in [-0.39, 0.29) is 4.90 Å². The van der Waals surface area contributed by atoms with Crippen molar-refractivity contribution < 1.29 is 8.42 Å². The van der Waals surface area contributed by atoms with Crippen LogP contribution in [0.5, 0.6) is 0 Å². The number of anilines is 1. The summed E-state index contributed by atoms with van der Waals surface area (Å²) >= 11 is 9.16. The molecule has 0 aliphatic rings. The molecule has 2 N–H and O–H groups in total. The van der Waals surface area contributed by atoms with Crippen molar-refractivity contribution in [3.63, 3.8) is 0 Å². The molecule has 21 heavy (non-hydrogen) atoms. The molecule has 0 saturated carbocycles. The zero-order chi connectivity index (χ0) is 15.6. The monoisotopic (exact) mass is 391 g/mol. The van der Waals surface area contributed by atoms with Crippen LogP contribution in [0.3, 0.4) is 0 Å². The molecule has 0 fully saturated rings. The zero-order valence-electron chi connectivity index (χ0n) is 11.5. The topological polar surface area (TPSA) is 63.1 Å². The number of halogens is 2. The lowest BCUT2D eigenvalue weighted by Gasteiger charge is -2.07. The molecule has 5 nitrogen and oxygen atoms in total. The number of aryl methyl sites for hydroxylation is 1. The van der Waals surface area contributed by atoms with Crippen molar-refractivity contribution in [3.05, 3.63) is 45.7 Å². The van der Waals surface area contributed by atoms with Crippen molar-refractivity contribution in [3.8, 4) is 0 Å². The Balaban J connectivity index is 2.29. The SMILES string of the molecule is CNCc1cc(S(=O)(=O)Nc2ccc(Cl)c(Br)c2)cn1C. The second-order valence-electron chi connectivity index (χ2n) is 4.54. The van der Waals surface area contributed by atoms with Gasteiger partial charge in [0.2, 0.25) is 0 Å². The number of nitrogens with one attached hydrogen (secondary N) is 2. The molecule has 0 bridgehead atoms. The molecule has 2 aromatic rings. The Kier molecular flexibility index (Phi) is 4.98. The van der Waals surface area contributed by atoms with E-state index in [2.05, 4.69) is 26.0 Å². The van der Waals surface area contributed by atoms with Gasteiger partial charge in [-0.25, -0.2) is 8.42 Å². The molecule has 1 aromatic carbocycles. The van der Waals surface area contributed by atoms with E-state index in [1.807, 2.05) is 14.1 Å². The zero-order valence-corrected chi connectivity index (χ0v) is 14.7. The van der Waals surface area contributed by atoms with E-state index >= 15 is 0 Å². The van der Waals surface area contributed by atoms with Crippen LogP contribution in [0.15, 0.2) is 39.8 Å². The molecule has 114 valence electrons. The number of aromatic nitrogens is 1. The molecule has 0 aliphatic carbocycles. The largest absolute Gasteiger partial charge is 0.352 e. The van der Waals surface area contributed by atoms with E-state index in [0.717, 1.165) is 5.69 Å². The Morgan fingerprint density at radius 1 is 1.33 bits per heavy atom. The highest BCUT2D eigenvalue weighted by Gasteiger charge is 2.18. The van der Waals surface area contributed by atoms with Gasteiger partial charge in [-0.05, 0) is 47.2 Å². The van der Waals surface area contributed by atoms with Gasteiger partial charge in [-0.3, -0.25) is 4.72 Å². The summed E-state index contributed by atoms with van der Waals surface area (Å²) in [6.07, 6.45) is 1.58. The standard InChI is InChI=1S/C13H15BrClN3O2S/c1-16-7-10-6-11(8-18(10)2)21(19,20)17-9-3-4-13(15)12(14)5-9/h3-6,8,16-17H,7H2,1-2H3. The molecule has 0 atom stereocenters. The highest BCUT2D eigenvalue weighted by Crippen LogP contribution is 2.27. The fourth-order valence-electron chi connectivity index (χ4n) is 1.85. The number of hydrogen-bond acceptors (Lipinski definition) is 3. The molecule has 0 amide bonds. The first-order chi connectivity index (χ1) is 9.83. The molecule has 0 saturated heterocycles. The maximum atomic E-state index is 12.4. The number of benzene rings is 1. The van der Waals surface area contributed by atoms with Crippen molar-refractivity contribution in [1.29, 1.82) is 0 Å². The van der Waals surface area contributed by atoms with Crippen molar-refractivity contribution >= 4 is 43.2 Å². The minimum atomic E-state index is -3.63. The predicted octanol–water partition coefficient (Wildman–Crippen LogP) is 2.96. The average molecular weight is 393 g/mol. The van der Waals surface area contributed by atoms with Crippen molar-refractivity contribution in [1.82, 2.24) is 9.88 Å². The third-order valence-electron chi connectivity index (χ3n) is 2.92. The minimum Gasteiger partial charge on any atom is -0.352 e. The predicted molar refractivity (Wildman–Crippen MR) is 88.1 cm³/mol. The lowest BCUT2D eigenvalue weighted by atomic mass is 10.3. The van der Waals surface area contributed by atoms with Crippen LogP contribution in [0.1, 0.15) is 5.69 Å². The summed E-state index contributed by atoms with van der Waals surface area (Å²) < 4.78 is 29.7. The van der Waals surface area contributed by atoms with Gasteiger partial charge in [0.1, 0.15) is 4.90 Å². The molecule has 2 rings (SSSR count). The molecule has 0 spiro atoms. The summed E-state index contributed by atoms with van der Waals surface area (Å²) in [6, 6.07) is 6.50. The maximum absolute atomic E-state index is 12.4. The summed E-state index contributed by atoms with van der Waals surface area (Å²) in [5.74, 6) is 0. The molecule has 0 unspecified atom stereocenters. The Morgan fingerprint density at radius 3 is 2.67 bits per heavy atom. The van der Waals surface area contributed by atoms with Gasteiger partial charge in [-0.15, -0.1) is 0 Å². The molecule has 1 aromatic heterocycles. The lowest BCUT2D eigenvalue weighted by molar-refractivity contribution is 0.601. The maximum Gasteiger partial charge on any atom is 0.263 e. The summed E-state index contributed by atoms with van der Waals surface area (Å²) in [5, 5.41) is 3.52. The minimum absolute atomic E-state index is 0.223. The molecule has 1 heterocycles. The Morgan fingerprint density at radius 2 is 2.05 bits per heavy atom. The van der Waals surface area contributed by atoms with Crippen LogP contribution in [-0.4, -0.2) is 20.0 Å². The molecular weight excluding hydrogens is 378 g/mol. The first-order valence-electron chi connectivity index (χ1n) is 6.11. The molecular formula is C13H15BrClN3O2S. The van der Waals surface area contributed by atoms with Crippen molar-refractivity contribution in [2.75, 3.05) is 11.8 Å². The number of hydrogen-bond donors (Lipinski definition) is 2. The molecule has 0 radical (unpaired) electrons. The highest BCUT2D eigenvalue weighted by molar-refractivity contribution is 9.10. The molecule has 8 heteroatoms. The van der Waals surface area contributed by atoms with Crippen LogP contribution < -0.4 is 10.0 Å². The summed E-state index contributed by atoms with van der Waals surface area (Å²) in [7, 11) is -0.00518. The fraction of sp³-hybridized carbons (Fsp3) is 0.231. The van der Waals surface area contributed by atoms with E-state index in [4.69, 9.17) is 11.6 Å². The van der Waals surface area contributed by atoms with Gasteiger partial charge in [0.05, 0.1) is 10.7 Å². The third-order valence-corrected chi connectivity index (χ3v) is 5.49. The second kappa shape index (κ2) is 6.39. The van der Waals surface area contributed by atoms with E-state index in [9.17, 15) is 8.42 Å². The lowest BCUT2D eigenvalue weighted by Crippen LogP contribution is -2.12. The van der Waals surface area contributed by atoms with Gasteiger partial charge in [-0.2, -0.15) is 0 Å². The van der Waals surface area contributed by atoms with Crippen molar-refractivity contribution in [2.24, 2.45) is 7.05 Å². The number of sulfonamides is 1. The van der Waals surface area contributed by atoms with E-state index in [0.29, 0.717) is 21.7 Å². The summed E-state index contributed by atoms with van der Waals surface area (Å²) in [4.78, 5) is 0.223. The van der Waals surface area contributed by atoms with E-state index in [1.165, 1.54) is 0 Å². The Labute approximate surface area is 137 Å². The normalized spacial score (nSPS) is 11.6. The van der Waals surface area contributed by atoms with Crippen LogP contribution in [0.4, 0.5) is 5.69 Å². The van der Waals surface area contributed by atoms with E-state index in [1.54, 1.807) is 35.0 Å². The molecule has 0 aliphatic heterocycles. The van der Waals surface area contributed by atoms with Crippen molar-refractivity contribution in [2.45, 2.75) is 11.4 Å². The Bertz CT molecular complexity index is 759. The summed E-state index contributed by atoms with van der Waals surface area (Å²) in [6.45, 7) is 0.596. The quantitative estimate of drug-likeness (QED) is 0.822. The highest BCUT2D eigenvalue weighted by atomic mass is 79.9. The summed E-state index contributed by atoms with van der Waals surface area (Å²) in [5.41, 5.74) is 1.33. The van der Waals surface area contributed by atoms with Crippen LogP contribution >= 0.6 is 27.5 Å². The average Bonchev–Trinajstić information content (AvgIpc) is 2.77. The van der Waals surface area contributed by atoms with Gasteiger partial charge in [0, 0.05) is 30.0 Å². The second-order valence-corrected chi connectivity index (χ2v) is 7.49. The Hall–Kier alpha value is -1.02. The number of nitrogens with zero attached hydrogens (tertiary/aromatic N) is 1. The van der Waals surface area contributed by atoms with Gasteiger partial charge in [0.25, 0.3) is 10.0 Å². The van der Waals surface area contributed by atoms with Crippen LogP contribution in [-0.2, 0) is 23.6 Å². The van der Waals surface area contributed by atoms with Gasteiger partial charge < -0.3 is 9.88 Å². The van der Waals surface area contributed by atoms with E-state index < -0.39 is 10.0 Å². The third kappa shape index (κ3) is 3.79. The fourth-order valence-corrected chi connectivity index (χ4v) is 3.49. The van der Waals surface area contributed by atoms with Crippen LogP contribution in [0.25, 0.3) is 0 Å². The smallest absolute Gasteiger partial charge is 0.263 e. The van der Waals surface area contributed by atoms with Gasteiger partial charge in [-0.1, -0.05) is 11.6 Å². The first kappa shape index (κ1) is 16.4. The van der Waals surface area contributed by atoms with Gasteiger partial charge >= 0.3 is 0 Å². The van der Waals surface area contributed by atoms with Crippen LogP contribution in [0.2, 0.25) is 5.02 Å². The van der Waals surface area contributed by atoms with Gasteiger partial charge in [0.15, 0.2) is 0 Å². The van der Waals surface area contributed by atoms with Crippen LogP contribution in [0, 0.1) is 0 Å².